The normalized spacial score (nSPS) is 24.1. The van der Waals surface area contributed by atoms with E-state index in [1.807, 2.05) is 34.5 Å². The zero-order chi connectivity index (χ0) is 17.4. The summed E-state index contributed by atoms with van der Waals surface area (Å²) in [5, 5.41) is 6.24. The minimum atomic E-state index is -0.0343. The predicted octanol–water partition coefficient (Wildman–Crippen LogP) is 2.18. The largest absolute Gasteiger partial charge is 0.347 e. The molecule has 1 N–H and O–H groups in total. The third-order valence-electron chi connectivity index (χ3n) is 5.30. The fraction of sp³-hybridized carbons (Fsp3) is 0.474. The highest BCUT2D eigenvalue weighted by Gasteiger charge is 2.34. The maximum Gasteiger partial charge on any atom is 0.253 e. The molecule has 4 rings (SSSR count). The molecule has 2 saturated heterocycles. The molecule has 25 heavy (non-hydrogen) atoms. The van der Waals surface area contributed by atoms with Gasteiger partial charge in [0.1, 0.15) is 0 Å². The molecule has 2 amide bonds. The molecular weight excluding hydrogens is 334 g/mol. The Hall–Kier alpha value is -1.92. The van der Waals surface area contributed by atoms with Gasteiger partial charge in [-0.2, -0.15) is 0 Å². The van der Waals surface area contributed by atoms with E-state index in [0.717, 1.165) is 48.1 Å². The third-order valence-corrected chi connectivity index (χ3v) is 6.26. The van der Waals surface area contributed by atoms with Crippen LogP contribution in [0.5, 0.6) is 0 Å². The van der Waals surface area contributed by atoms with E-state index in [1.54, 1.807) is 11.3 Å². The van der Waals surface area contributed by atoms with Gasteiger partial charge in [-0.05, 0) is 49.3 Å². The molecule has 6 heteroatoms. The van der Waals surface area contributed by atoms with Crippen LogP contribution < -0.4 is 5.32 Å². The molecule has 132 valence electrons. The Morgan fingerprint density at radius 2 is 2.04 bits per heavy atom. The molecule has 2 aliphatic heterocycles. The molecule has 0 spiro atoms. The lowest BCUT2D eigenvalue weighted by Crippen LogP contribution is -2.40. The van der Waals surface area contributed by atoms with Crippen molar-refractivity contribution in [3.05, 3.63) is 35.2 Å². The minimum Gasteiger partial charge on any atom is -0.347 e. The molecule has 0 radical (unpaired) electrons. The van der Waals surface area contributed by atoms with Crippen LogP contribution in [0, 0.1) is 5.92 Å². The molecule has 0 saturated carbocycles. The van der Waals surface area contributed by atoms with Crippen LogP contribution in [0.2, 0.25) is 0 Å². The van der Waals surface area contributed by atoms with Gasteiger partial charge in [0.2, 0.25) is 5.91 Å². The zero-order valence-corrected chi connectivity index (χ0v) is 15.2. The summed E-state index contributed by atoms with van der Waals surface area (Å²) < 4.78 is 1.03. The van der Waals surface area contributed by atoms with Gasteiger partial charge in [-0.15, -0.1) is 11.3 Å². The van der Waals surface area contributed by atoms with Crippen LogP contribution in [0.15, 0.2) is 29.6 Å². The first kappa shape index (κ1) is 16.5. The molecule has 0 bridgehead atoms. The van der Waals surface area contributed by atoms with Crippen molar-refractivity contribution in [3.63, 3.8) is 0 Å². The highest BCUT2D eigenvalue weighted by molar-refractivity contribution is 7.17. The summed E-state index contributed by atoms with van der Waals surface area (Å²) in [4.78, 5) is 29.4. The minimum absolute atomic E-state index is 0.0343. The highest BCUT2D eigenvalue weighted by Crippen LogP contribution is 2.25. The van der Waals surface area contributed by atoms with Crippen molar-refractivity contribution in [2.45, 2.75) is 18.9 Å². The van der Waals surface area contributed by atoms with E-state index >= 15 is 0 Å². The number of nitrogens with one attached hydrogen (secondary N) is 1. The summed E-state index contributed by atoms with van der Waals surface area (Å²) in [5.41, 5.74) is 0.731. The molecular formula is C19H23N3O2S. The summed E-state index contributed by atoms with van der Waals surface area (Å²) >= 11 is 1.59. The van der Waals surface area contributed by atoms with Gasteiger partial charge in [0, 0.05) is 30.4 Å². The number of thiophene rings is 1. The lowest BCUT2D eigenvalue weighted by atomic mass is 10.1. The second-order valence-corrected chi connectivity index (χ2v) is 8.05. The Kier molecular flexibility index (Phi) is 4.48. The van der Waals surface area contributed by atoms with E-state index in [4.69, 9.17) is 0 Å². The van der Waals surface area contributed by atoms with E-state index in [-0.39, 0.29) is 23.8 Å². The first-order valence-electron chi connectivity index (χ1n) is 8.86. The lowest BCUT2D eigenvalue weighted by molar-refractivity contribution is -0.134. The molecule has 1 aromatic carbocycles. The van der Waals surface area contributed by atoms with Crippen LogP contribution in [-0.4, -0.2) is 60.9 Å². The smallest absolute Gasteiger partial charge is 0.253 e. The van der Waals surface area contributed by atoms with Crippen molar-refractivity contribution in [3.8, 4) is 0 Å². The molecule has 3 heterocycles. The summed E-state index contributed by atoms with van der Waals surface area (Å²) in [6.45, 7) is 3.22. The summed E-state index contributed by atoms with van der Waals surface area (Å²) in [6, 6.07) is 7.90. The Morgan fingerprint density at radius 3 is 2.84 bits per heavy atom. The first-order chi connectivity index (χ1) is 12.1. The molecule has 1 aromatic heterocycles. The van der Waals surface area contributed by atoms with Gasteiger partial charge in [-0.25, -0.2) is 0 Å². The van der Waals surface area contributed by atoms with Gasteiger partial charge >= 0.3 is 0 Å². The van der Waals surface area contributed by atoms with Gasteiger partial charge < -0.3 is 15.1 Å². The Labute approximate surface area is 151 Å². The second kappa shape index (κ2) is 6.77. The quantitative estimate of drug-likeness (QED) is 0.916. The van der Waals surface area contributed by atoms with Crippen LogP contribution in [0.25, 0.3) is 10.1 Å². The first-order valence-corrected chi connectivity index (χ1v) is 9.74. The van der Waals surface area contributed by atoms with Crippen LogP contribution in [0.3, 0.4) is 0 Å². The van der Waals surface area contributed by atoms with Crippen molar-refractivity contribution in [2.24, 2.45) is 5.92 Å². The molecule has 5 nitrogen and oxygen atoms in total. The maximum atomic E-state index is 12.7. The summed E-state index contributed by atoms with van der Waals surface area (Å²) in [5.74, 6) is 0.341. The van der Waals surface area contributed by atoms with Gasteiger partial charge in [0.05, 0.1) is 11.5 Å². The molecule has 2 aliphatic rings. The second-order valence-electron chi connectivity index (χ2n) is 7.14. The van der Waals surface area contributed by atoms with Crippen molar-refractivity contribution in [1.82, 2.24) is 15.1 Å². The molecule has 2 atom stereocenters. The van der Waals surface area contributed by atoms with Crippen LogP contribution in [0.1, 0.15) is 23.2 Å². The Bertz CT molecular complexity index is 803. The van der Waals surface area contributed by atoms with Crippen LogP contribution >= 0.6 is 11.3 Å². The van der Waals surface area contributed by atoms with Gasteiger partial charge in [-0.3, -0.25) is 9.59 Å². The number of benzene rings is 1. The van der Waals surface area contributed by atoms with Gasteiger partial charge in [0.25, 0.3) is 5.91 Å². The number of nitrogens with zero attached hydrogens (tertiary/aromatic N) is 2. The van der Waals surface area contributed by atoms with Crippen LogP contribution in [-0.2, 0) is 4.79 Å². The number of carbonyl (C=O) groups excluding carboxylic acids is 2. The number of carbonyl (C=O) groups is 2. The van der Waals surface area contributed by atoms with E-state index in [1.165, 1.54) is 0 Å². The highest BCUT2D eigenvalue weighted by atomic mass is 32.1. The van der Waals surface area contributed by atoms with Crippen molar-refractivity contribution < 1.29 is 9.59 Å². The monoisotopic (exact) mass is 357 g/mol. The Balaban J connectivity index is 1.38. The Morgan fingerprint density at radius 1 is 1.16 bits per heavy atom. The van der Waals surface area contributed by atoms with Gasteiger partial charge in [-0.1, -0.05) is 12.1 Å². The molecule has 0 aliphatic carbocycles. The number of rotatable bonds is 3. The number of likely N-dealkylation sites (tertiary alicyclic amines) is 2. The van der Waals surface area contributed by atoms with Gasteiger partial charge in [0.15, 0.2) is 0 Å². The summed E-state index contributed by atoms with van der Waals surface area (Å²) in [6.07, 6.45) is 1.78. The van der Waals surface area contributed by atoms with Crippen molar-refractivity contribution in [1.29, 1.82) is 0 Å². The number of hydrogen-bond donors (Lipinski definition) is 1. The van der Waals surface area contributed by atoms with E-state index < -0.39 is 0 Å². The maximum absolute atomic E-state index is 12.7. The molecule has 2 fully saturated rings. The third kappa shape index (κ3) is 3.28. The average Bonchev–Trinajstić information content (AvgIpc) is 3.33. The SMILES string of the molecule is CN1CC[C@H](C(=O)N2CC[C@@H](NC(=O)c3cccc4ccsc34)C2)C1. The summed E-state index contributed by atoms with van der Waals surface area (Å²) in [7, 11) is 2.06. The van der Waals surface area contributed by atoms with E-state index in [9.17, 15) is 9.59 Å². The topological polar surface area (TPSA) is 52.7 Å². The zero-order valence-electron chi connectivity index (χ0n) is 14.4. The number of hydrogen-bond acceptors (Lipinski definition) is 4. The standard InChI is InChI=1S/C19H23N3O2S/c1-21-8-5-14(11-21)19(24)22-9-6-15(12-22)20-18(23)16-4-2-3-13-7-10-25-17(13)16/h2-4,7,10,14-15H,5-6,8-9,11-12H2,1H3,(H,20,23)/t14-,15+/m0/s1. The van der Waals surface area contributed by atoms with Crippen molar-refractivity contribution >= 4 is 33.2 Å². The predicted molar refractivity (Wildman–Crippen MR) is 99.9 cm³/mol. The average molecular weight is 357 g/mol. The van der Waals surface area contributed by atoms with Crippen LogP contribution in [0.4, 0.5) is 0 Å². The van der Waals surface area contributed by atoms with E-state index in [0.29, 0.717) is 6.54 Å². The number of fused-ring (bicyclic) bond motifs is 1. The van der Waals surface area contributed by atoms with Crippen molar-refractivity contribution in [2.75, 3.05) is 33.2 Å². The molecule has 2 aromatic rings. The number of amides is 2. The van der Waals surface area contributed by atoms with E-state index in [2.05, 4.69) is 17.3 Å². The molecule has 0 unspecified atom stereocenters. The fourth-order valence-corrected chi connectivity index (χ4v) is 4.82. The lowest BCUT2D eigenvalue weighted by Gasteiger charge is -2.21. The fourth-order valence-electron chi connectivity index (χ4n) is 3.91.